The summed E-state index contributed by atoms with van der Waals surface area (Å²) in [6.45, 7) is 11.8. The Bertz CT molecular complexity index is 1050. The van der Waals surface area contributed by atoms with E-state index in [0.717, 1.165) is 56.5 Å². The number of rotatable bonds is 9. The van der Waals surface area contributed by atoms with Gasteiger partial charge in [-0.3, -0.25) is 4.79 Å². The Labute approximate surface area is 227 Å². The van der Waals surface area contributed by atoms with Gasteiger partial charge >= 0.3 is 0 Å². The van der Waals surface area contributed by atoms with E-state index >= 15 is 0 Å². The number of amides is 1. The molecule has 1 aliphatic carbocycles. The minimum atomic E-state index is -0.0918. The van der Waals surface area contributed by atoms with Crippen LogP contribution in [0.1, 0.15) is 99.2 Å². The highest BCUT2D eigenvalue weighted by Crippen LogP contribution is 2.52. The fraction of sp³-hybridized carbons (Fsp3) is 0.581. The molecule has 3 nitrogen and oxygen atoms in total. The van der Waals surface area contributed by atoms with Crippen LogP contribution in [0.25, 0.3) is 0 Å². The smallest absolute Gasteiger partial charge is 0.255 e. The summed E-state index contributed by atoms with van der Waals surface area (Å²) in [6, 6.07) is 12.4. The van der Waals surface area contributed by atoms with E-state index in [9.17, 15) is 4.79 Å². The van der Waals surface area contributed by atoms with E-state index in [2.05, 4.69) is 50.8 Å². The number of nitrogens with zero attached hydrogens (tertiary/aromatic N) is 1. The van der Waals surface area contributed by atoms with E-state index in [-0.39, 0.29) is 17.2 Å². The van der Waals surface area contributed by atoms with Gasteiger partial charge < -0.3 is 9.64 Å². The van der Waals surface area contributed by atoms with Crippen LogP contribution in [-0.2, 0) is 16.8 Å². The Balaban J connectivity index is 1.48. The van der Waals surface area contributed by atoms with E-state index < -0.39 is 0 Å². The molecular weight excluding hydrogens is 489 g/mol. The first-order chi connectivity index (χ1) is 17.2. The predicted octanol–water partition coefficient (Wildman–Crippen LogP) is 8.65. The molecule has 0 radical (unpaired) electrons. The number of hydrogen-bond donors (Lipinski definition) is 0. The van der Waals surface area contributed by atoms with Gasteiger partial charge in [0.15, 0.2) is 0 Å². The van der Waals surface area contributed by atoms with Crippen LogP contribution in [0.3, 0.4) is 0 Å². The second-order valence-corrected chi connectivity index (χ2v) is 12.2. The summed E-state index contributed by atoms with van der Waals surface area (Å²) in [4.78, 5) is 16.1. The highest BCUT2D eigenvalue weighted by Gasteiger charge is 2.48. The van der Waals surface area contributed by atoms with Gasteiger partial charge in [-0.2, -0.15) is 0 Å². The van der Waals surface area contributed by atoms with E-state index in [1.807, 2.05) is 18.2 Å². The average molecular weight is 531 g/mol. The molecule has 5 heteroatoms. The maximum Gasteiger partial charge on any atom is 0.255 e. The van der Waals surface area contributed by atoms with Gasteiger partial charge in [-0.1, -0.05) is 94.1 Å². The zero-order valence-electron chi connectivity index (χ0n) is 22.3. The van der Waals surface area contributed by atoms with Crippen LogP contribution in [-0.4, -0.2) is 30.5 Å². The molecule has 1 amide bonds. The van der Waals surface area contributed by atoms with Gasteiger partial charge in [0.2, 0.25) is 0 Å². The Morgan fingerprint density at radius 1 is 1.14 bits per heavy atom. The van der Waals surface area contributed by atoms with Crippen molar-refractivity contribution in [2.75, 3.05) is 19.7 Å². The summed E-state index contributed by atoms with van der Waals surface area (Å²) in [5.74, 6) is 1.20. The summed E-state index contributed by atoms with van der Waals surface area (Å²) < 4.78 is 5.85. The third-order valence-corrected chi connectivity index (χ3v) is 9.26. The normalized spacial score (nSPS) is 24.0. The third kappa shape index (κ3) is 5.64. The third-order valence-electron chi connectivity index (χ3n) is 8.55. The van der Waals surface area contributed by atoms with Crippen molar-refractivity contribution in [1.82, 2.24) is 4.90 Å². The van der Waals surface area contributed by atoms with Crippen LogP contribution in [0.2, 0.25) is 10.0 Å². The quantitative estimate of drug-likeness (QED) is 0.304. The van der Waals surface area contributed by atoms with Crippen LogP contribution in [0.15, 0.2) is 36.4 Å². The van der Waals surface area contributed by atoms with Crippen molar-refractivity contribution in [3.63, 3.8) is 0 Å². The van der Waals surface area contributed by atoms with Crippen molar-refractivity contribution in [1.29, 1.82) is 0 Å². The van der Waals surface area contributed by atoms with E-state index in [0.29, 0.717) is 34.1 Å². The minimum absolute atomic E-state index is 0.0803. The summed E-state index contributed by atoms with van der Waals surface area (Å²) in [7, 11) is 0. The maximum atomic E-state index is 14.0. The molecule has 2 aliphatic rings. The second kappa shape index (κ2) is 11.9. The van der Waals surface area contributed by atoms with Gasteiger partial charge in [-0.05, 0) is 71.6 Å². The van der Waals surface area contributed by atoms with Gasteiger partial charge in [0, 0.05) is 24.7 Å². The number of halogens is 2. The monoisotopic (exact) mass is 529 g/mol. The molecule has 4 rings (SSSR count). The molecule has 2 aromatic carbocycles. The number of fused-ring (bicyclic) bond motifs is 3. The average Bonchev–Trinajstić information content (AvgIpc) is 2.93. The summed E-state index contributed by atoms with van der Waals surface area (Å²) in [6.07, 6.45) is 6.46. The van der Waals surface area contributed by atoms with Crippen molar-refractivity contribution >= 4 is 29.1 Å². The lowest BCUT2D eigenvalue weighted by Gasteiger charge is -2.46. The lowest BCUT2D eigenvalue weighted by molar-refractivity contribution is 0.0623. The van der Waals surface area contributed by atoms with Crippen molar-refractivity contribution in [3.8, 4) is 0 Å². The zero-order chi connectivity index (χ0) is 25.9. The fourth-order valence-corrected chi connectivity index (χ4v) is 7.44. The van der Waals surface area contributed by atoms with Gasteiger partial charge in [0.05, 0.1) is 17.2 Å². The van der Waals surface area contributed by atoms with Crippen LogP contribution in [0, 0.1) is 11.8 Å². The molecule has 3 unspecified atom stereocenters. The molecule has 0 bridgehead atoms. The van der Waals surface area contributed by atoms with E-state index in [1.165, 1.54) is 18.4 Å². The molecular formula is C31H41Cl2NO2. The van der Waals surface area contributed by atoms with Crippen LogP contribution < -0.4 is 0 Å². The standard InChI is InChI=1S/C31H41Cl2NO2/c1-21(2)27-26(32)18-24-28(29(27)33)30(35)34(19-25-22(3)12-11-15-31(24,25)4)16-9-6-10-17-36-20-23-13-7-5-8-14-23/h5,7-8,13-14,18,21-22,25H,6,9-12,15-17,19-20H2,1-4H3. The topological polar surface area (TPSA) is 29.5 Å². The van der Waals surface area contributed by atoms with Crippen LogP contribution in [0.4, 0.5) is 0 Å². The van der Waals surface area contributed by atoms with Crippen LogP contribution in [0.5, 0.6) is 0 Å². The highest BCUT2D eigenvalue weighted by atomic mass is 35.5. The zero-order valence-corrected chi connectivity index (χ0v) is 23.8. The number of hydrogen-bond acceptors (Lipinski definition) is 2. The molecule has 0 aromatic heterocycles. The Morgan fingerprint density at radius 2 is 1.89 bits per heavy atom. The Morgan fingerprint density at radius 3 is 2.61 bits per heavy atom. The van der Waals surface area contributed by atoms with Crippen molar-refractivity contribution < 1.29 is 9.53 Å². The van der Waals surface area contributed by atoms with Crippen molar-refractivity contribution in [2.45, 2.75) is 84.2 Å². The van der Waals surface area contributed by atoms with E-state index in [4.69, 9.17) is 27.9 Å². The number of unbranched alkanes of at least 4 members (excludes halogenated alkanes) is 2. The first-order valence-corrected chi connectivity index (χ1v) is 14.4. The molecule has 36 heavy (non-hydrogen) atoms. The van der Waals surface area contributed by atoms with Gasteiger partial charge in [-0.25, -0.2) is 0 Å². The first kappa shape index (κ1) is 27.5. The Hall–Kier alpha value is -1.55. The number of carbonyl (C=O) groups excluding carboxylic acids is 1. The Kier molecular flexibility index (Phi) is 9.07. The van der Waals surface area contributed by atoms with E-state index in [1.54, 1.807) is 0 Å². The highest BCUT2D eigenvalue weighted by molar-refractivity contribution is 6.38. The lowest BCUT2D eigenvalue weighted by Crippen LogP contribution is -2.45. The van der Waals surface area contributed by atoms with Crippen molar-refractivity contribution in [2.24, 2.45) is 11.8 Å². The molecule has 1 aliphatic heterocycles. The summed E-state index contributed by atoms with van der Waals surface area (Å²) in [5, 5.41) is 1.26. The number of ether oxygens (including phenoxy) is 1. The molecule has 0 saturated heterocycles. The lowest BCUT2D eigenvalue weighted by atomic mass is 9.59. The molecule has 1 heterocycles. The predicted molar refractivity (Wildman–Crippen MR) is 150 cm³/mol. The first-order valence-electron chi connectivity index (χ1n) is 13.7. The summed E-state index contributed by atoms with van der Waals surface area (Å²) >= 11 is 13.8. The van der Waals surface area contributed by atoms with Gasteiger partial charge in [0.25, 0.3) is 5.91 Å². The number of carbonyl (C=O) groups is 1. The second-order valence-electron chi connectivity index (χ2n) is 11.4. The molecule has 0 spiro atoms. The molecule has 1 fully saturated rings. The largest absolute Gasteiger partial charge is 0.377 e. The molecule has 196 valence electrons. The molecule has 2 aromatic rings. The molecule has 3 atom stereocenters. The van der Waals surface area contributed by atoms with Gasteiger partial charge in [-0.15, -0.1) is 0 Å². The fourth-order valence-electron chi connectivity index (χ4n) is 6.46. The SMILES string of the molecule is CC(C)c1c(Cl)cc2c(c1Cl)C(=O)N(CCCCCOCc1ccccc1)CC1C(C)CCCC21C. The van der Waals surface area contributed by atoms with Gasteiger partial charge in [0.1, 0.15) is 0 Å². The maximum absolute atomic E-state index is 14.0. The summed E-state index contributed by atoms with van der Waals surface area (Å²) in [5.41, 5.74) is 3.78. The van der Waals surface area contributed by atoms with Crippen LogP contribution >= 0.6 is 23.2 Å². The number of benzene rings is 2. The molecule has 0 N–H and O–H groups in total. The molecule has 1 saturated carbocycles. The minimum Gasteiger partial charge on any atom is -0.377 e. The van der Waals surface area contributed by atoms with Crippen molar-refractivity contribution in [3.05, 3.63) is 68.7 Å².